The number of amides is 1. The lowest BCUT2D eigenvalue weighted by atomic mass is 10.1. The summed E-state index contributed by atoms with van der Waals surface area (Å²) in [5.74, 6) is 0.0696. The summed E-state index contributed by atoms with van der Waals surface area (Å²) >= 11 is 0. The zero-order valence-corrected chi connectivity index (χ0v) is 12.3. The molecule has 0 aliphatic rings. The summed E-state index contributed by atoms with van der Waals surface area (Å²) in [5, 5.41) is 9.71. The topological polar surface area (TPSA) is 57.8 Å². The van der Waals surface area contributed by atoms with Gasteiger partial charge in [0.2, 0.25) is 0 Å². The van der Waals surface area contributed by atoms with Gasteiger partial charge >= 0.3 is 0 Å². The van der Waals surface area contributed by atoms with Crippen molar-refractivity contribution < 1.29 is 9.18 Å². The highest BCUT2D eigenvalue weighted by Crippen LogP contribution is 2.07. The second kappa shape index (κ2) is 7.02. The molecule has 1 amide bonds. The monoisotopic (exact) mass is 289 g/mol. The molecule has 0 aliphatic carbocycles. The van der Waals surface area contributed by atoms with Crippen LogP contribution in [0.2, 0.25) is 0 Å². The Balaban J connectivity index is 1.81. The molecule has 0 fully saturated rings. The maximum absolute atomic E-state index is 12.8. The largest absolute Gasteiger partial charge is 0.350 e. The number of aromatic amines is 1. The molecule has 5 heteroatoms. The van der Waals surface area contributed by atoms with Crippen LogP contribution in [0.1, 0.15) is 35.6 Å². The van der Waals surface area contributed by atoms with Crippen LogP contribution in [0.5, 0.6) is 0 Å². The van der Waals surface area contributed by atoms with Crippen LogP contribution in [-0.4, -0.2) is 22.6 Å². The Morgan fingerprint density at radius 1 is 1.33 bits per heavy atom. The second-order valence-electron chi connectivity index (χ2n) is 5.51. The first-order valence-corrected chi connectivity index (χ1v) is 7.11. The number of H-pyrrole nitrogens is 1. The summed E-state index contributed by atoms with van der Waals surface area (Å²) in [6, 6.07) is 8.06. The summed E-state index contributed by atoms with van der Waals surface area (Å²) in [6.45, 7) is 4.73. The van der Waals surface area contributed by atoms with Crippen LogP contribution in [-0.2, 0) is 12.8 Å². The van der Waals surface area contributed by atoms with Gasteiger partial charge in [0.1, 0.15) is 11.5 Å². The Kier molecular flexibility index (Phi) is 5.09. The van der Waals surface area contributed by atoms with Crippen molar-refractivity contribution in [2.24, 2.45) is 5.92 Å². The third-order valence-corrected chi connectivity index (χ3v) is 3.10. The minimum atomic E-state index is -0.253. The lowest BCUT2D eigenvalue weighted by Crippen LogP contribution is -2.26. The molecule has 0 radical (unpaired) electrons. The lowest BCUT2D eigenvalue weighted by Gasteiger charge is -2.03. The lowest BCUT2D eigenvalue weighted by molar-refractivity contribution is 0.0949. The molecule has 2 rings (SSSR count). The Bertz CT molecular complexity index is 590. The molecule has 1 aromatic heterocycles. The highest BCUT2D eigenvalue weighted by atomic mass is 19.1. The molecule has 0 spiro atoms. The van der Waals surface area contributed by atoms with Crippen LogP contribution < -0.4 is 5.32 Å². The summed E-state index contributed by atoms with van der Waals surface area (Å²) in [7, 11) is 0. The van der Waals surface area contributed by atoms with E-state index in [0.717, 1.165) is 17.7 Å². The fourth-order valence-corrected chi connectivity index (χ4v) is 2.08. The normalized spacial score (nSPS) is 10.9. The van der Waals surface area contributed by atoms with Crippen molar-refractivity contribution >= 4 is 5.91 Å². The van der Waals surface area contributed by atoms with E-state index in [0.29, 0.717) is 24.6 Å². The molecule has 1 aromatic carbocycles. The second-order valence-corrected chi connectivity index (χ2v) is 5.51. The quantitative estimate of drug-likeness (QED) is 0.859. The molecule has 0 aliphatic heterocycles. The molecule has 1 heterocycles. The number of nitrogens with zero attached hydrogens (tertiary/aromatic N) is 1. The van der Waals surface area contributed by atoms with E-state index in [4.69, 9.17) is 0 Å². The maximum atomic E-state index is 12.8. The number of benzene rings is 1. The number of hydrogen-bond donors (Lipinski definition) is 2. The smallest absolute Gasteiger partial charge is 0.271 e. The average molecular weight is 289 g/mol. The average Bonchev–Trinajstić information content (AvgIpc) is 2.88. The Morgan fingerprint density at radius 2 is 2.05 bits per heavy atom. The molecule has 21 heavy (non-hydrogen) atoms. The van der Waals surface area contributed by atoms with Gasteiger partial charge in [-0.2, -0.15) is 5.10 Å². The van der Waals surface area contributed by atoms with Crippen LogP contribution in [0, 0.1) is 11.7 Å². The van der Waals surface area contributed by atoms with Gasteiger partial charge in [0.15, 0.2) is 0 Å². The standard InChI is InChI=1S/C16H20FN3O/c1-11(2)9-14-10-15(20-19-14)16(21)18-8-7-12-3-5-13(17)6-4-12/h3-6,10-11H,7-9H2,1-2H3,(H,18,21)(H,19,20). The summed E-state index contributed by atoms with van der Waals surface area (Å²) in [4.78, 5) is 11.9. The number of aromatic nitrogens is 2. The number of halogens is 1. The molecule has 0 unspecified atom stereocenters. The van der Waals surface area contributed by atoms with E-state index in [-0.39, 0.29) is 11.7 Å². The fraction of sp³-hybridized carbons (Fsp3) is 0.375. The highest BCUT2D eigenvalue weighted by Gasteiger charge is 2.10. The van der Waals surface area contributed by atoms with E-state index < -0.39 is 0 Å². The Labute approximate surface area is 123 Å². The fourth-order valence-electron chi connectivity index (χ4n) is 2.08. The zero-order chi connectivity index (χ0) is 15.2. The molecule has 112 valence electrons. The first kappa shape index (κ1) is 15.2. The number of nitrogens with one attached hydrogen (secondary N) is 2. The van der Waals surface area contributed by atoms with E-state index in [1.54, 1.807) is 18.2 Å². The molecule has 4 nitrogen and oxygen atoms in total. The van der Waals surface area contributed by atoms with Gasteiger partial charge in [-0.15, -0.1) is 0 Å². The third-order valence-electron chi connectivity index (χ3n) is 3.10. The maximum Gasteiger partial charge on any atom is 0.271 e. The number of carbonyl (C=O) groups excluding carboxylic acids is 1. The van der Waals surface area contributed by atoms with Crippen LogP contribution in [0.15, 0.2) is 30.3 Å². The van der Waals surface area contributed by atoms with Crippen molar-refractivity contribution in [1.29, 1.82) is 0 Å². The summed E-state index contributed by atoms with van der Waals surface area (Å²) in [5.41, 5.74) is 2.36. The molecule has 0 bridgehead atoms. The molecular weight excluding hydrogens is 269 g/mol. The van der Waals surface area contributed by atoms with Crippen molar-refractivity contribution in [2.75, 3.05) is 6.54 Å². The van der Waals surface area contributed by atoms with Crippen molar-refractivity contribution in [2.45, 2.75) is 26.7 Å². The molecule has 0 saturated heterocycles. The van der Waals surface area contributed by atoms with Crippen molar-refractivity contribution in [3.8, 4) is 0 Å². The van der Waals surface area contributed by atoms with E-state index in [1.165, 1.54) is 12.1 Å². The molecule has 0 atom stereocenters. The van der Waals surface area contributed by atoms with E-state index >= 15 is 0 Å². The van der Waals surface area contributed by atoms with Gasteiger partial charge in [0, 0.05) is 12.2 Å². The number of rotatable bonds is 6. The van der Waals surface area contributed by atoms with E-state index in [9.17, 15) is 9.18 Å². The minimum Gasteiger partial charge on any atom is -0.350 e. The SMILES string of the molecule is CC(C)Cc1cc(C(=O)NCCc2ccc(F)cc2)n[nH]1. The first-order valence-electron chi connectivity index (χ1n) is 7.11. The van der Waals surface area contributed by atoms with Crippen LogP contribution in [0.25, 0.3) is 0 Å². The van der Waals surface area contributed by atoms with Crippen molar-refractivity contribution in [3.63, 3.8) is 0 Å². The van der Waals surface area contributed by atoms with Crippen LogP contribution in [0.3, 0.4) is 0 Å². The minimum absolute atomic E-state index is 0.191. The van der Waals surface area contributed by atoms with Gasteiger partial charge < -0.3 is 5.32 Å². The molecular formula is C16H20FN3O. The van der Waals surface area contributed by atoms with Gasteiger partial charge in [-0.3, -0.25) is 9.89 Å². The van der Waals surface area contributed by atoms with Gasteiger partial charge in [-0.05, 0) is 42.5 Å². The molecule has 2 aromatic rings. The Morgan fingerprint density at radius 3 is 2.71 bits per heavy atom. The molecule has 2 N–H and O–H groups in total. The summed E-state index contributed by atoms with van der Waals surface area (Å²) in [6.07, 6.45) is 1.53. The van der Waals surface area contributed by atoms with E-state index in [1.807, 2.05) is 0 Å². The number of carbonyl (C=O) groups is 1. The predicted octanol–water partition coefficient (Wildman–Crippen LogP) is 2.72. The first-order chi connectivity index (χ1) is 10.0. The highest BCUT2D eigenvalue weighted by molar-refractivity contribution is 5.92. The van der Waals surface area contributed by atoms with Crippen molar-refractivity contribution in [1.82, 2.24) is 15.5 Å². The third kappa shape index (κ3) is 4.70. The predicted molar refractivity (Wildman–Crippen MR) is 79.6 cm³/mol. The van der Waals surface area contributed by atoms with Crippen molar-refractivity contribution in [3.05, 3.63) is 53.1 Å². The van der Waals surface area contributed by atoms with E-state index in [2.05, 4.69) is 29.4 Å². The number of hydrogen-bond acceptors (Lipinski definition) is 2. The van der Waals surface area contributed by atoms with Gasteiger partial charge in [0.05, 0.1) is 0 Å². The Hall–Kier alpha value is -2.17. The zero-order valence-electron chi connectivity index (χ0n) is 12.3. The van der Waals surface area contributed by atoms with Crippen LogP contribution in [0.4, 0.5) is 4.39 Å². The van der Waals surface area contributed by atoms with Gasteiger partial charge in [-0.1, -0.05) is 26.0 Å². The summed E-state index contributed by atoms with van der Waals surface area (Å²) < 4.78 is 12.8. The molecule has 0 saturated carbocycles. The van der Waals surface area contributed by atoms with Gasteiger partial charge in [0.25, 0.3) is 5.91 Å². The van der Waals surface area contributed by atoms with Gasteiger partial charge in [-0.25, -0.2) is 4.39 Å². The van der Waals surface area contributed by atoms with Crippen LogP contribution >= 0.6 is 0 Å².